The first-order chi connectivity index (χ1) is 8.27. The Morgan fingerprint density at radius 2 is 2.12 bits per heavy atom. The zero-order chi connectivity index (χ0) is 12.5. The first-order valence-electron chi connectivity index (χ1n) is 6.59. The van der Waals surface area contributed by atoms with E-state index in [2.05, 4.69) is 17.1 Å². The average Bonchev–Trinajstić information content (AvgIpc) is 2.55. The predicted octanol–water partition coefficient (Wildman–Crippen LogP) is -0.487. The molecule has 0 unspecified atom stereocenters. The van der Waals surface area contributed by atoms with Gasteiger partial charge in [0.1, 0.15) is 0 Å². The highest BCUT2D eigenvalue weighted by Crippen LogP contribution is 2.02. The van der Waals surface area contributed by atoms with Gasteiger partial charge in [-0.25, -0.2) is 0 Å². The second-order valence-electron chi connectivity index (χ2n) is 4.48. The third-order valence-electron chi connectivity index (χ3n) is 3.06. The van der Waals surface area contributed by atoms with Crippen molar-refractivity contribution < 1.29 is 9.90 Å². The van der Waals surface area contributed by atoms with Crippen molar-refractivity contribution in [3.8, 4) is 0 Å². The third kappa shape index (κ3) is 5.48. The summed E-state index contributed by atoms with van der Waals surface area (Å²) in [6, 6.07) is 0. The molecule has 0 aromatic rings. The number of rotatable bonds is 6. The lowest BCUT2D eigenvalue weighted by molar-refractivity contribution is -0.130. The van der Waals surface area contributed by atoms with Gasteiger partial charge in [0.05, 0.1) is 13.2 Å². The van der Waals surface area contributed by atoms with Crippen LogP contribution < -0.4 is 5.32 Å². The summed E-state index contributed by atoms with van der Waals surface area (Å²) in [6.07, 6.45) is 2.05. The normalized spacial score (nSPS) is 18.1. The fraction of sp³-hybridized carbons (Fsp3) is 0.917. The molecule has 0 saturated carbocycles. The highest BCUT2D eigenvalue weighted by atomic mass is 16.3. The molecule has 0 aromatic carbocycles. The highest BCUT2D eigenvalue weighted by Gasteiger charge is 2.17. The largest absolute Gasteiger partial charge is 0.395 e. The van der Waals surface area contributed by atoms with Crippen molar-refractivity contribution in [3.05, 3.63) is 0 Å². The van der Waals surface area contributed by atoms with Crippen LogP contribution in [0.5, 0.6) is 0 Å². The molecule has 1 saturated heterocycles. The number of aliphatic hydroxyl groups is 1. The molecule has 2 N–H and O–H groups in total. The van der Waals surface area contributed by atoms with E-state index < -0.39 is 0 Å². The summed E-state index contributed by atoms with van der Waals surface area (Å²) in [4.78, 5) is 16.0. The van der Waals surface area contributed by atoms with Crippen molar-refractivity contribution >= 4 is 5.91 Å². The fourth-order valence-electron chi connectivity index (χ4n) is 2.07. The second-order valence-corrected chi connectivity index (χ2v) is 4.48. The summed E-state index contributed by atoms with van der Waals surface area (Å²) in [7, 11) is 0. The fourth-order valence-corrected chi connectivity index (χ4v) is 2.07. The van der Waals surface area contributed by atoms with Gasteiger partial charge in [-0.3, -0.25) is 9.69 Å². The van der Waals surface area contributed by atoms with Gasteiger partial charge in [0.2, 0.25) is 5.91 Å². The first kappa shape index (κ1) is 14.4. The van der Waals surface area contributed by atoms with E-state index in [0.717, 1.165) is 52.1 Å². The molecule has 1 aliphatic rings. The van der Waals surface area contributed by atoms with Gasteiger partial charge in [-0.15, -0.1) is 0 Å². The van der Waals surface area contributed by atoms with Crippen LogP contribution in [0.15, 0.2) is 0 Å². The van der Waals surface area contributed by atoms with Crippen LogP contribution in [0.3, 0.4) is 0 Å². The number of aliphatic hydroxyl groups excluding tert-OH is 1. The molecular weight excluding hydrogens is 218 g/mol. The lowest BCUT2D eigenvalue weighted by atomic mass is 10.3. The van der Waals surface area contributed by atoms with E-state index in [1.54, 1.807) is 0 Å². The molecule has 0 spiro atoms. The number of hydrogen-bond acceptors (Lipinski definition) is 4. The number of β-amino-alcohol motifs (C(OH)–C–C–N with tert-alkyl or cyclic N) is 1. The van der Waals surface area contributed by atoms with Gasteiger partial charge >= 0.3 is 0 Å². The Morgan fingerprint density at radius 3 is 2.82 bits per heavy atom. The van der Waals surface area contributed by atoms with Crippen LogP contribution >= 0.6 is 0 Å². The van der Waals surface area contributed by atoms with Crippen molar-refractivity contribution in [1.29, 1.82) is 0 Å². The molecule has 1 amide bonds. The third-order valence-corrected chi connectivity index (χ3v) is 3.06. The predicted molar refractivity (Wildman–Crippen MR) is 67.9 cm³/mol. The second kappa shape index (κ2) is 8.44. The van der Waals surface area contributed by atoms with Gasteiger partial charge in [-0.1, -0.05) is 6.92 Å². The first-order valence-corrected chi connectivity index (χ1v) is 6.59. The van der Waals surface area contributed by atoms with Crippen molar-refractivity contribution in [1.82, 2.24) is 15.1 Å². The van der Waals surface area contributed by atoms with E-state index >= 15 is 0 Å². The molecule has 1 aliphatic heterocycles. The standard InChI is InChI=1S/C12H25N3O2/c1-2-4-13-11-12(17)15-6-3-5-14(7-8-15)9-10-16/h13,16H,2-11H2,1H3. The number of amides is 1. The molecular formula is C12H25N3O2. The van der Waals surface area contributed by atoms with Crippen molar-refractivity contribution in [2.45, 2.75) is 19.8 Å². The Kier molecular flexibility index (Phi) is 7.16. The van der Waals surface area contributed by atoms with Crippen molar-refractivity contribution in [2.75, 3.05) is 52.4 Å². The quantitative estimate of drug-likeness (QED) is 0.618. The number of nitrogens with one attached hydrogen (secondary N) is 1. The summed E-state index contributed by atoms with van der Waals surface area (Å²) in [5.41, 5.74) is 0. The maximum atomic E-state index is 11.9. The average molecular weight is 243 g/mol. The van der Waals surface area contributed by atoms with Crippen LogP contribution in [0.25, 0.3) is 0 Å². The van der Waals surface area contributed by atoms with Crippen LogP contribution in [0, 0.1) is 0 Å². The van der Waals surface area contributed by atoms with Gasteiger partial charge in [0.15, 0.2) is 0 Å². The maximum Gasteiger partial charge on any atom is 0.236 e. The van der Waals surface area contributed by atoms with Crippen molar-refractivity contribution in [2.24, 2.45) is 0 Å². The molecule has 0 aromatic heterocycles. The number of carbonyl (C=O) groups is 1. The summed E-state index contributed by atoms with van der Waals surface area (Å²) < 4.78 is 0. The van der Waals surface area contributed by atoms with Crippen molar-refractivity contribution in [3.63, 3.8) is 0 Å². The molecule has 1 fully saturated rings. The lowest BCUT2D eigenvalue weighted by Gasteiger charge is -2.21. The van der Waals surface area contributed by atoms with Gasteiger partial charge in [0, 0.05) is 26.2 Å². The van der Waals surface area contributed by atoms with E-state index in [0.29, 0.717) is 6.54 Å². The zero-order valence-corrected chi connectivity index (χ0v) is 10.8. The Bertz CT molecular complexity index is 224. The molecule has 1 rings (SSSR count). The van der Waals surface area contributed by atoms with Gasteiger partial charge in [-0.2, -0.15) is 0 Å². The van der Waals surface area contributed by atoms with E-state index in [4.69, 9.17) is 5.11 Å². The number of nitrogens with zero attached hydrogens (tertiary/aromatic N) is 2. The van der Waals surface area contributed by atoms with Crippen LogP contribution in [0.2, 0.25) is 0 Å². The summed E-state index contributed by atoms with van der Waals surface area (Å²) in [6.45, 7) is 7.84. The molecule has 17 heavy (non-hydrogen) atoms. The molecule has 0 aliphatic carbocycles. The summed E-state index contributed by atoms with van der Waals surface area (Å²) in [5, 5.41) is 12.0. The van der Waals surface area contributed by atoms with E-state index in [1.807, 2.05) is 4.90 Å². The highest BCUT2D eigenvalue weighted by molar-refractivity contribution is 5.78. The minimum absolute atomic E-state index is 0.198. The Labute approximate surface area is 104 Å². The molecule has 0 radical (unpaired) electrons. The Morgan fingerprint density at radius 1 is 1.29 bits per heavy atom. The zero-order valence-electron chi connectivity index (χ0n) is 10.8. The number of hydrogen-bond donors (Lipinski definition) is 2. The Hall–Kier alpha value is -0.650. The minimum atomic E-state index is 0.198. The maximum absolute atomic E-state index is 11.9. The lowest BCUT2D eigenvalue weighted by Crippen LogP contribution is -2.40. The monoisotopic (exact) mass is 243 g/mol. The molecule has 0 bridgehead atoms. The topological polar surface area (TPSA) is 55.8 Å². The molecule has 100 valence electrons. The summed E-state index contributed by atoms with van der Waals surface area (Å²) >= 11 is 0. The Balaban J connectivity index is 2.27. The minimum Gasteiger partial charge on any atom is -0.395 e. The van der Waals surface area contributed by atoms with E-state index in [9.17, 15) is 4.79 Å². The van der Waals surface area contributed by atoms with Crippen LogP contribution in [0.4, 0.5) is 0 Å². The summed E-state index contributed by atoms with van der Waals surface area (Å²) in [5.74, 6) is 0.198. The smallest absolute Gasteiger partial charge is 0.236 e. The van der Waals surface area contributed by atoms with Crippen LogP contribution in [0.1, 0.15) is 19.8 Å². The number of carbonyl (C=O) groups excluding carboxylic acids is 1. The van der Waals surface area contributed by atoms with Gasteiger partial charge < -0.3 is 15.3 Å². The van der Waals surface area contributed by atoms with E-state index in [-0.39, 0.29) is 12.5 Å². The molecule has 5 heteroatoms. The van der Waals surface area contributed by atoms with Crippen LogP contribution in [-0.4, -0.2) is 73.2 Å². The SMILES string of the molecule is CCCNCC(=O)N1CCCN(CCO)CC1. The van der Waals surface area contributed by atoms with Crippen LogP contribution in [-0.2, 0) is 4.79 Å². The molecule has 5 nitrogen and oxygen atoms in total. The molecule has 1 heterocycles. The van der Waals surface area contributed by atoms with E-state index in [1.165, 1.54) is 0 Å². The van der Waals surface area contributed by atoms with Gasteiger partial charge in [-0.05, 0) is 25.9 Å². The van der Waals surface area contributed by atoms with Gasteiger partial charge in [0.25, 0.3) is 0 Å². The molecule has 0 atom stereocenters.